The number of hydrogen-bond acceptors (Lipinski definition) is 3. The number of carbonyl (C=O) groups is 2. The van der Waals surface area contributed by atoms with Crippen molar-refractivity contribution in [1.82, 2.24) is 4.90 Å². The summed E-state index contributed by atoms with van der Waals surface area (Å²) in [6, 6.07) is 6.38. The van der Waals surface area contributed by atoms with Crippen molar-refractivity contribution in [3.05, 3.63) is 29.3 Å². The van der Waals surface area contributed by atoms with Crippen molar-refractivity contribution < 1.29 is 9.59 Å². The van der Waals surface area contributed by atoms with Crippen LogP contribution in [0, 0.1) is 13.8 Å². The molecule has 0 heterocycles. The maximum absolute atomic E-state index is 12.3. The fourth-order valence-electron chi connectivity index (χ4n) is 3.06. The van der Waals surface area contributed by atoms with Gasteiger partial charge in [-0.15, -0.1) is 11.8 Å². The van der Waals surface area contributed by atoms with E-state index in [1.165, 1.54) is 31.0 Å². The van der Waals surface area contributed by atoms with Crippen LogP contribution in [0.2, 0.25) is 0 Å². The van der Waals surface area contributed by atoms with Gasteiger partial charge in [0.1, 0.15) is 0 Å². The van der Waals surface area contributed by atoms with E-state index < -0.39 is 0 Å². The summed E-state index contributed by atoms with van der Waals surface area (Å²) in [5.74, 6) is 0.749. The Morgan fingerprint density at radius 3 is 2.58 bits per heavy atom. The van der Waals surface area contributed by atoms with Crippen molar-refractivity contribution in [2.45, 2.75) is 52.0 Å². The molecule has 5 heteroatoms. The predicted octanol–water partition coefficient (Wildman–Crippen LogP) is 3.77. The normalized spacial score (nSPS) is 15.1. The lowest BCUT2D eigenvalue weighted by Gasteiger charge is -2.31. The summed E-state index contributed by atoms with van der Waals surface area (Å²) >= 11 is 1.39. The molecule has 0 saturated heterocycles. The van der Waals surface area contributed by atoms with Gasteiger partial charge in [0.15, 0.2) is 0 Å². The Hall–Kier alpha value is -1.49. The van der Waals surface area contributed by atoms with E-state index in [4.69, 9.17) is 0 Å². The minimum absolute atomic E-state index is 0.0539. The van der Waals surface area contributed by atoms with Crippen molar-refractivity contribution in [2.75, 3.05) is 23.9 Å². The molecule has 1 fully saturated rings. The van der Waals surface area contributed by atoms with Crippen LogP contribution in [-0.2, 0) is 9.59 Å². The highest BCUT2D eigenvalue weighted by atomic mass is 32.2. The summed E-state index contributed by atoms with van der Waals surface area (Å²) in [6.45, 7) is 3.98. The minimum Gasteiger partial charge on any atom is -0.342 e. The number of nitrogens with one attached hydrogen (secondary N) is 1. The molecule has 1 aromatic carbocycles. The largest absolute Gasteiger partial charge is 0.342 e. The molecule has 0 aromatic heterocycles. The quantitative estimate of drug-likeness (QED) is 0.851. The molecule has 2 rings (SSSR count). The highest BCUT2D eigenvalue weighted by Gasteiger charge is 2.21. The lowest BCUT2D eigenvalue weighted by Crippen LogP contribution is -2.39. The van der Waals surface area contributed by atoms with E-state index in [9.17, 15) is 9.59 Å². The number of carbonyl (C=O) groups excluding carboxylic acids is 2. The first kappa shape index (κ1) is 18.8. The zero-order valence-corrected chi connectivity index (χ0v) is 15.7. The molecule has 24 heavy (non-hydrogen) atoms. The van der Waals surface area contributed by atoms with Gasteiger partial charge in [0.25, 0.3) is 0 Å². The van der Waals surface area contributed by atoms with Gasteiger partial charge in [-0.05, 0) is 43.9 Å². The van der Waals surface area contributed by atoms with Gasteiger partial charge in [0.2, 0.25) is 11.8 Å². The molecule has 1 aromatic rings. The summed E-state index contributed by atoms with van der Waals surface area (Å²) in [5.41, 5.74) is 3.02. The van der Waals surface area contributed by atoms with Crippen LogP contribution in [0.25, 0.3) is 0 Å². The number of anilines is 1. The van der Waals surface area contributed by atoms with E-state index in [2.05, 4.69) is 5.32 Å². The number of amides is 2. The van der Waals surface area contributed by atoms with Gasteiger partial charge in [-0.2, -0.15) is 0 Å². The summed E-state index contributed by atoms with van der Waals surface area (Å²) < 4.78 is 0. The molecule has 2 amide bonds. The highest BCUT2D eigenvalue weighted by molar-refractivity contribution is 8.00. The maximum Gasteiger partial charge on any atom is 0.234 e. The van der Waals surface area contributed by atoms with Crippen LogP contribution in [0.15, 0.2) is 18.2 Å². The minimum atomic E-state index is -0.0539. The number of aryl methyl sites for hydroxylation is 2. The molecule has 4 nitrogen and oxygen atoms in total. The Labute approximate surface area is 149 Å². The monoisotopic (exact) mass is 348 g/mol. The van der Waals surface area contributed by atoms with E-state index in [0.29, 0.717) is 17.5 Å². The topological polar surface area (TPSA) is 49.4 Å². The standard InChI is InChI=1S/C19H28N2O2S/c1-14-9-10-15(2)17(11-14)20-18(22)12-24-13-19(23)21(3)16-7-5-4-6-8-16/h9-11,16H,4-8,12-13H2,1-3H3,(H,20,22). The third kappa shape index (κ3) is 5.55. The second-order valence-electron chi connectivity index (χ2n) is 6.66. The Balaban J connectivity index is 1.73. The zero-order valence-electron chi connectivity index (χ0n) is 14.9. The molecule has 0 aliphatic heterocycles. The molecule has 0 bridgehead atoms. The summed E-state index contributed by atoms with van der Waals surface area (Å²) in [7, 11) is 1.90. The van der Waals surface area contributed by atoms with E-state index in [-0.39, 0.29) is 11.8 Å². The number of thioether (sulfide) groups is 1. The average molecular weight is 349 g/mol. The van der Waals surface area contributed by atoms with Crippen LogP contribution in [0.3, 0.4) is 0 Å². The van der Waals surface area contributed by atoms with E-state index in [0.717, 1.165) is 29.7 Å². The van der Waals surface area contributed by atoms with Gasteiger partial charge in [0, 0.05) is 18.8 Å². The van der Waals surface area contributed by atoms with Crippen LogP contribution < -0.4 is 5.32 Å². The molecule has 0 radical (unpaired) electrons. The predicted molar refractivity (Wildman–Crippen MR) is 102 cm³/mol. The van der Waals surface area contributed by atoms with Gasteiger partial charge in [-0.3, -0.25) is 9.59 Å². The molecule has 1 saturated carbocycles. The number of hydrogen-bond donors (Lipinski definition) is 1. The van der Waals surface area contributed by atoms with Crippen molar-refractivity contribution >= 4 is 29.3 Å². The first-order valence-corrected chi connectivity index (χ1v) is 9.83. The SMILES string of the molecule is Cc1ccc(C)c(NC(=O)CSCC(=O)N(C)C2CCCCC2)c1. The Morgan fingerprint density at radius 1 is 1.17 bits per heavy atom. The first-order valence-electron chi connectivity index (χ1n) is 8.68. The molecule has 132 valence electrons. The fraction of sp³-hybridized carbons (Fsp3) is 0.579. The second kappa shape index (κ2) is 9.11. The smallest absolute Gasteiger partial charge is 0.234 e. The zero-order chi connectivity index (χ0) is 17.5. The Bertz CT molecular complexity index is 583. The lowest BCUT2D eigenvalue weighted by atomic mass is 9.94. The molecular formula is C19H28N2O2S. The summed E-state index contributed by atoms with van der Waals surface area (Å²) in [5, 5.41) is 2.93. The van der Waals surface area contributed by atoms with Gasteiger partial charge >= 0.3 is 0 Å². The molecular weight excluding hydrogens is 320 g/mol. The highest BCUT2D eigenvalue weighted by Crippen LogP contribution is 2.22. The number of rotatable bonds is 6. The molecule has 0 spiro atoms. The van der Waals surface area contributed by atoms with Crippen LogP contribution in [0.4, 0.5) is 5.69 Å². The summed E-state index contributed by atoms with van der Waals surface area (Å²) in [6.07, 6.45) is 5.94. The first-order chi connectivity index (χ1) is 11.5. The van der Waals surface area contributed by atoms with Crippen molar-refractivity contribution in [1.29, 1.82) is 0 Å². The van der Waals surface area contributed by atoms with E-state index >= 15 is 0 Å². The van der Waals surface area contributed by atoms with Crippen LogP contribution in [-0.4, -0.2) is 41.3 Å². The fourth-order valence-corrected chi connectivity index (χ4v) is 3.80. The molecule has 1 aliphatic carbocycles. The van der Waals surface area contributed by atoms with Crippen molar-refractivity contribution in [3.8, 4) is 0 Å². The molecule has 1 N–H and O–H groups in total. The lowest BCUT2D eigenvalue weighted by molar-refractivity contribution is -0.129. The molecule has 0 atom stereocenters. The Kier molecular flexibility index (Phi) is 7.16. The third-order valence-corrected chi connectivity index (χ3v) is 5.56. The maximum atomic E-state index is 12.3. The van der Waals surface area contributed by atoms with E-state index in [1.807, 2.05) is 44.0 Å². The number of benzene rings is 1. The van der Waals surface area contributed by atoms with Crippen LogP contribution in [0.1, 0.15) is 43.2 Å². The Morgan fingerprint density at radius 2 is 1.88 bits per heavy atom. The number of nitrogens with zero attached hydrogens (tertiary/aromatic N) is 1. The van der Waals surface area contributed by atoms with Gasteiger partial charge in [-0.25, -0.2) is 0 Å². The van der Waals surface area contributed by atoms with E-state index in [1.54, 1.807) is 0 Å². The third-order valence-electron chi connectivity index (χ3n) is 4.64. The van der Waals surface area contributed by atoms with Gasteiger partial charge < -0.3 is 10.2 Å². The van der Waals surface area contributed by atoms with Gasteiger partial charge in [0.05, 0.1) is 11.5 Å². The van der Waals surface area contributed by atoms with Crippen LogP contribution in [0.5, 0.6) is 0 Å². The van der Waals surface area contributed by atoms with Crippen molar-refractivity contribution in [3.63, 3.8) is 0 Å². The second-order valence-corrected chi connectivity index (χ2v) is 7.64. The van der Waals surface area contributed by atoms with Crippen molar-refractivity contribution in [2.24, 2.45) is 0 Å². The average Bonchev–Trinajstić information content (AvgIpc) is 2.58. The molecule has 1 aliphatic rings. The summed E-state index contributed by atoms with van der Waals surface area (Å²) in [4.78, 5) is 26.2. The van der Waals surface area contributed by atoms with Gasteiger partial charge in [-0.1, -0.05) is 31.4 Å². The molecule has 0 unspecified atom stereocenters. The van der Waals surface area contributed by atoms with Crippen LogP contribution >= 0.6 is 11.8 Å².